The largest absolute Gasteiger partial charge is 0.455 e. The molecule has 64 heavy (non-hydrogen) atoms. The van der Waals surface area contributed by atoms with Crippen molar-refractivity contribution in [2.75, 3.05) is 0 Å². The van der Waals surface area contributed by atoms with E-state index in [0.29, 0.717) is 11.5 Å². The van der Waals surface area contributed by atoms with Gasteiger partial charge in [0.25, 0.3) is 0 Å². The predicted molar refractivity (Wildman–Crippen MR) is 272 cm³/mol. The molecule has 3 heterocycles. The van der Waals surface area contributed by atoms with Crippen molar-refractivity contribution in [1.29, 1.82) is 0 Å². The summed E-state index contributed by atoms with van der Waals surface area (Å²) < 4.78 is 11.4. The highest BCUT2D eigenvalue weighted by Crippen LogP contribution is 2.44. The first-order valence-electron chi connectivity index (χ1n) is 21.5. The first kappa shape index (κ1) is 37.6. The molecule has 0 aliphatic carbocycles. The number of aliphatic imine (C=N–C) groups is 2. The number of benzene rings is 9. The highest BCUT2D eigenvalue weighted by atomic mass is 32.1. The number of rotatable bonds is 7. The van der Waals surface area contributed by atoms with Gasteiger partial charge in [-0.15, -0.1) is 11.3 Å². The van der Waals surface area contributed by atoms with Gasteiger partial charge in [-0.3, -0.25) is 0 Å². The van der Waals surface area contributed by atoms with Gasteiger partial charge in [0, 0.05) is 58.9 Å². The second-order valence-electron chi connectivity index (χ2n) is 16.2. The Morgan fingerprint density at radius 2 is 1.11 bits per heavy atom. The molecule has 0 N–H and O–H groups in total. The van der Waals surface area contributed by atoms with Crippen LogP contribution in [0, 0.1) is 0 Å². The predicted octanol–water partition coefficient (Wildman–Crippen LogP) is 16.3. The summed E-state index contributed by atoms with van der Waals surface area (Å²) in [7, 11) is 0. The van der Waals surface area contributed by atoms with E-state index in [4.69, 9.17) is 14.4 Å². The molecule has 0 unspecified atom stereocenters. The fourth-order valence-electron chi connectivity index (χ4n) is 9.22. The summed E-state index contributed by atoms with van der Waals surface area (Å²) in [5.41, 5.74) is 14.2. The Hall–Kier alpha value is -8.12. The van der Waals surface area contributed by atoms with Crippen LogP contribution in [0.15, 0.2) is 227 Å². The van der Waals surface area contributed by atoms with E-state index in [0.717, 1.165) is 98.8 Å². The monoisotopic (exact) mass is 837 g/mol. The van der Waals surface area contributed by atoms with Crippen molar-refractivity contribution in [3.05, 3.63) is 230 Å². The number of aromatic nitrogens is 1. The van der Waals surface area contributed by atoms with E-state index in [1.807, 2.05) is 49.4 Å². The SMILES string of the molecule is C=C(/N=C(\N=C(/C)c1ccccc1)c1ccccc1)c1cc(-c2ccc(-c3ccc4c(c3)c3c5oc6ccccc6c5ccc3n4-c3ccccc3)cc2)cc2c1sc1ccccc12. The van der Waals surface area contributed by atoms with Crippen molar-refractivity contribution >= 4 is 92.5 Å². The Labute approximate surface area is 374 Å². The lowest BCUT2D eigenvalue weighted by Gasteiger charge is -2.11. The number of thiophene rings is 1. The Balaban J connectivity index is 0.979. The fourth-order valence-corrected chi connectivity index (χ4v) is 10.4. The van der Waals surface area contributed by atoms with Gasteiger partial charge in [-0.25, -0.2) is 9.98 Å². The zero-order valence-electron chi connectivity index (χ0n) is 35.0. The van der Waals surface area contributed by atoms with Crippen LogP contribution in [0.5, 0.6) is 0 Å². The van der Waals surface area contributed by atoms with Gasteiger partial charge in [0.1, 0.15) is 11.2 Å². The molecule has 0 spiro atoms. The Morgan fingerprint density at radius 3 is 1.88 bits per heavy atom. The van der Waals surface area contributed by atoms with Crippen molar-refractivity contribution in [2.45, 2.75) is 6.92 Å². The molecule has 0 bridgehead atoms. The molecule has 0 aliphatic heterocycles. The maximum atomic E-state index is 6.66. The summed E-state index contributed by atoms with van der Waals surface area (Å²) >= 11 is 1.78. The molecule has 0 amide bonds. The van der Waals surface area contributed by atoms with Gasteiger partial charge in [-0.2, -0.15) is 0 Å². The van der Waals surface area contributed by atoms with Crippen LogP contribution in [-0.4, -0.2) is 16.1 Å². The normalized spacial score (nSPS) is 12.4. The molecule has 12 rings (SSSR count). The second-order valence-corrected chi connectivity index (χ2v) is 17.3. The lowest BCUT2D eigenvalue weighted by Crippen LogP contribution is -2.04. The summed E-state index contributed by atoms with van der Waals surface area (Å²) in [5, 5.41) is 6.94. The van der Waals surface area contributed by atoms with E-state index < -0.39 is 0 Å². The van der Waals surface area contributed by atoms with Gasteiger partial charge in [0.05, 0.1) is 22.1 Å². The molecule has 5 heteroatoms. The minimum Gasteiger partial charge on any atom is -0.455 e. The zero-order chi connectivity index (χ0) is 42.7. The number of furan rings is 1. The first-order valence-corrected chi connectivity index (χ1v) is 22.3. The molecule has 0 aliphatic rings. The topological polar surface area (TPSA) is 42.8 Å². The van der Waals surface area contributed by atoms with Crippen LogP contribution in [0.4, 0.5) is 0 Å². The number of para-hydroxylation sites is 2. The van der Waals surface area contributed by atoms with Crippen molar-refractivity contribution in [2.24, 2.45) is 9.98 Å². The second kappa shape index (κ2) is 15.3. The molecular weight excluding hydrogens is 799 g/mol. The summed E-state index contributed by atoms with van der Waals surface area (Å²) in [6, 6.07) is 72.7. The number of amidine groups is 1. The third kappa shape index (κ3) is 6.36. The molecule has 9 aromatic carbocycles. The minimum absolute atomic E-state index is 0.626. The quantitative estimate of drug-likeness (QED) is 0.116. The van der Waals surface area contributed by atoms with Gasteiger partial charge < -0.3 is 8.98 Å². The van der Waals surface area contributed by atoms with Gasteiger partial charge >= 0.3 is 0 Å². The zero-order valence-corrected chi connectivity index (χ0v) is 35.8. The molecule has 0 fully saturated rings. The number of fused-ring (bicyclic) bond motifs is 10. The van der Waals surface area contributed by atoms with Crippen LogP contribution >= 0.6 is 11.3 Å². The fraction of sp³-hybridized carbons (Fsp3) is 0.0169. The Morgan fingerprint density at radius 1 is 0.500 bits per heavy atom. The van der Waals surface area contributed by atoms with Crippen LogP contribution in [0.1, 0.15) is 23.6 Å². The van der Waals surface area contributed by atoms with Crippen molar-refractivity contribution in [3.63, 3.8) is 0 Å². The molecular formula is C59H39N3OS. The third-order valence-corrected chi connectivity index (χ3v) is 13.6. The molecule has 3 aromatic heterocycles. The number of hydrogen-bond acceptors (Lipinski definition) is 3. The van der Waals surface area contributed by atoms with Crippen molar-refractivity contribution in [1.82, 2.24) is 4.57 Å². The van der Waals surface area contributed by atoms with Crippen LogP contribution in [-0.2, 0) is 0 Å². The highest BCUT2D eigenvalue weighted by molar-refractivity contribution is 7.26. The van der Waals surface area contributed by atoms with Crippen LogP contribution in [0.2, 0.25) is 0 Å². The molecule has 4 nitrogen and oxygen atoms in total. The van der Waals surface area contributed by atoms with Gasteiger partial charge in [-0.05, 0) is 95.4 Å². The van der Waals surface area contributed by atoms with E-state index in [-0.39, 0.29) is 0 Å². The van der Waals surface area contributed by atoms with Gasteiger partial charge in [-0.1, -0.05) is 152 Å². The maximum Gasteiger partial charge on any atom is 0.160 e. The van der Waals surface area contributed by atoms with Gasteiger partial charge in [0.15, 0.2) is 5.84 Å². The summed E-state index contributed by atoms with van der Waals surface area (Å²) in [4.78, 5) is 10.3. The lowest BCUT2D eigenvalue weighted by atomic mass is 9.96. The van der Waals surface area contributed by atoms with Gasteiger partial charge in [0.2, 0.25) is 0 Å². The number of hydrogen-bond donors (Lipinski definition) is 0. The van der Waals surface area contributed by atoms with Crippen LogP contribution < -0.4 is 0 Å². The average Bonchev–Trinajstić information content (AvgIpc) is 4.04. The molecule has 0 atom stereocenters. The summed E-state index contributed by atoms with van der Waals surface area (Å²) in [6.45, 7) is 6.65. The Bertz CT molecular complexity index is 3840. The lowest BCUT2D eigenvalue weighted by molar-refractivity contribution is 0.673. The van der Waals surface area contributed by atoms with E-state index in [2.05, 4.69) is 175 Å². The maximum absolute atomic E-state index is 6.66. The van der Waals surface area contributed by atoms with Crippen molar-refractivity contribution in [3.8, 4) is 27.9 Å². The van der Waals surface area contributed by atoms with Crippen LogP contribution in [0.25, 0.3) is 97.6 Å². The first-order chi connectivity index (χ1) is 31.6. The molecule has 12 aromatic rings. The number of nitrogens with zero attached hydrogens (tertiary/aromatic N) is 3. The smallest absolute Gasteiger partial charge is 0.160 e. The summed E-state index contributed by atoms with van der Waals surface area (Å²) in [6.07, 6.45) is 0. The van der Waals surface area contributed by atoms with Crippen LogP contribution in [0.3, 0.4) is 0 Å². The summed E-state index contributed by atoms with van der Waals surface area (Å²) in [5.74, 6) is 0.626. The standard InChI is InChI=1S/C59H39N3OS/c1-37(39-16-6-3-7-17-39)60-59(42-18-8-4-9-19-42)61-38(2)49-35-44(36-50-47-23-13-15-25-55(47)64-58(49)50)41-28-26-40(27-29-41)43-30-32-52-51(34-43)56-53(62(52)45-20-10-5-11-21-45)33-31-48-46-22-12-14-24-54(46)63-57(48)56/h3-36H,2H2,1H3/b60-37+,61-59-. The average molecular weight is 838 g/mol. The van der Waals surface area contributed by atoms with E-state index in [1.165, 1.54) is 15.5 Å². The van der Waals surface area contributed by atoms with E-state index >= 15 is 0 Å². The molecule has 0 radical (unpaired) electrons. The van der Waals surface area contributed by atoms with E-state index in [9.17, 15) is 0 Å². The Kier molecular flexibility index (Phi) is 9.02. The van der Waals surface area contributed by atoms with Crippen molar-refractivity contribution < 1.29 is 4.42 Å². The molecule has 0 saturated carbocycles. The third-order valence-electron chi connectivity index (χ3n) is 12.4. The highest BCUT2D eigenvalue weighted by Gasteiger charge is 2.20. The molecule has 0 saturated heterocycles. The van der Waals surface area contributed by atoms with E-state index in [1.54, 1.807) is 11.3 Å². The minimum atomic E-state index is 0.626. The molecule has 302 valence electrons.